The van der Waals surface area contributed by atoms with Crippen molar-refractivity contribution in [3.8, 4) is 5.75 Å². The van der Waals surface area contributed by atoms with Gasteiger partial charge in [0.1, 0.15) is 11.4 Å². The molecule has 2 rings (SSSR count). The Kier molecular flexibility index (Phi) is 2.56. The van der Waals surface area contributed by atoms with Crippen LogP contribution in [0.5, 0.6) is 5.75 Å². The fraction of sp³-hybridized carbons (Fsp3) is 0.100. The summed E-state index contributed by atoms with van der Waals surface area (Å²) >= 11 is 2.01. The van der Waals surface area contributed by atoms with Crippen LogP contribution in [0.1, 0.15) is 10.5 Å². The van der Waals surface area contributed by atoms with Crippen LogP contribution in [0.4, 0.5) is 0 Å². The quantitative estimate of drug-likeness (QED) is 0.837. The van der Waals surface area contributed by atoms with Crippen molar-refractivity contribution in [3.63, 3.8) is 0 Å². The van der Waals surface area contributed by atoms with Crippen LogP contribution in [0.2, 0.25) is 0 Å². The van der Waals surface area contributed by atoms with Gasteiger partial charge in [0, 0.05) is 10.9 Å². The molecule has 0 saturated carbocycles. The molecule has 0 spiro atoms. The fourth-order valence-electron chi connectivity index (χ4n) is 1.41. The summed E-state index contributed by atoms with van der Waals surface area (Å²) in [7, 11) is 1.58. The molecule has 4 nitrogen and oxygen atoms in total. The largest absolute Gasteiger partial charge is 0.497 e. The van der Waals surface area contributed by atoms with Gasteiger partial charge in [-0.05, 0) is 40.8 Å². The molecule has 0 bridgehead atoms. The number of hydrogen-bond donors (Lipinski definition) is 2. The Labute approximate surface area is 99.4 Å². The minimum atomic E-state index is -0.949. The average Bonchev–Trinajstić information content (AvgIpc) is 2.56. The van der Waals surface area contributed by atoms with Gasteiger partial charge in [0.25, 0.3) is 0 Å². The summed E-state index contributed by atoms with van der Waals surface area (Å²) < 4.78 is 5.79. The third-order valence-electron chi connectivity index (χ3n) is 2.16. The number of carboxylic acids is 1. The third-order valence-corrected chi connectivity index (χ3v) is 3.28. The number of aromatic nitrogens is 1. The summed E-state index contributed by atoms with van der Waals surface area (Å²) in [6.45, 7) is 0. The molecule has 0 aliphatic heterocycles. The SMILES string of the molecule is COc1ccc2[nH]c(C(=O)O)c(I)c2c1. The van der Waals surface area contributed by atoms with Gasteiger partial charge in [0.15, 0.2) is 0 Å². The van der Waals surface area contributed by atoms with Crippen molar-refractivity contribution in [2.45, 2.75) is 0 Å². The molecule has 1 heterocycles. The highest BCUT2D eigenvalue weighted by molar-refractivity contribution is 14.1. The summed E-state index contributed by atoms with van der Waals surface area (Å²) in [5, 5.41) is 9.79. The van der Waals surface area contributed by atoms with Crippen molar-refractivity contribution in [1.29, 1.82) is 0 Å². The van der Waals surface area contributed by atoms with Gasteiger partial charge in [-0.1, -0.05) is 0 Å². The number of halogens is 1. The Morgan fingerprint density at radius 2 is 2.27 bits per heavy atom. The minimum absolute atomic E-state index is 0.221. The average molecular weight is 317 g/mol. The maximum Gasteiger partial charge on any atom is 0.353 e. The first-order chi connectivity index (χ1) is 7.13. The summed E-state index contributed by atoms with van der Waals surface area (Å²) in [6.07, 6.45) is 0. The number of carbonyl (C=O) groups is 1. The number of aromatic amines is 1. The molecular formula is C10H8INO3. The number of benzene rings is 1. The van der Waals surface area contributed by atoms with Crippen molar-refractivity contribution < 1.29 is 14.6 Å². The number of H-pyrrole nitrogens is 1. The van der Waals surface area contributed by atoms with Crippen LogP contribution in [0.25, 0.3) is 10.9 Å². The van der Waals surface area contributed by atoms with E-state index in [-0.39, 0.29) is 5.69 Å². The minimum Gasteiger partial charge on any atom is -0.497 e. The lowest BCUT2D eigenvalue weighted by molar-refractivity contribution is 0.0690. The molecule has 0 aliphatic rings. The number of fused-ring (bicyclic) bond motifs is 1. The molecule has 0 atom stereocenters. The van der Waals surface area contributed by atoms with Gasteiger partial charge in [0.05, 0.1) is 10.7 Å². The standard InChI is InChI=1S/C10H8INO3/c1-15-5-2-3-7-6(4-5)8(11)9(12-7)10(13)14/h2-4,12H,1H3,(H,13,14). The number of carboxylic acid groups (broad SMARTS) is 1. The van der Waals surface area contributed by atoms with Gasteiger partial charge < -0.3 is 14.8 Å². The lowest BCUT2D eigenvalue weighted by Crippen LogP contribution is -1.97. The van der Waals surface area contributed by atoms with Crippen LogP contribution in [-0.2, 0) is 0 Å². The topological polar surface area (TPSA) is 62.3 Å². The van der Waals surface area contributed by atoms with E-state index in [4.69, 9.17) is 9.84 Å². The van der Waals surface area contributed by atoms with Gasteiger partial charge in [-0.25, -0.2) is 4.79 Å². The first-order valence-electron chi connectivity index (χ1n) is 4.22. The van der Waals surface area contributed by atoms with Gasteiger partial charge in [-0.15, -0.1) is 0 Å². The maximum atomic E-state index is 10.9. The van der Waals surface area contributed by atoms with Crippen LogP contribution in [0, 0.1) is 3.57 Å². The Balaban J connectivity index is 2.72. The highest BCUT2D eigenvalue weighted by Gasteiger charge is 2.14. The van der Waals surface area contributed by atoms with E-state index in [2.05, 4.69) is 4.98 Å². The van der Waals surface area contributed by atoms with Crippen LogP contribution in [0.15, 0.2) is 18.2 Å². The third kappa shape index (κ3) is 1.67. The second-order valence-corrected chi connectivity index (χ2v) is 4.11. The van der Waals surface area contributed by atoms with E-state index < -0.39 is 5.97 Å². The Morgan fingerprint density at radius 3 is 2.87 bits per heavy atom. The van der Waals surface area contributed by atoms with Crippen LogP contribution in [0.3, 0.4) is 0 Å². The predicted octanol–water partition coefficient (Wildman–Crippen LogP) is 2.48. The monoisotopic (exact) mass is 317 g/mol. The van der Waals surface area contributed by atoms with Crippen LogP contribution >= 0.6 is 22.6 Å². The number of methoxy groups -OCH3 is 1. The van der Waals surface area contributed by atoms with Gasteiger partial charge in [-0.3, -0.25) is 0 Å². The van der Waals surface area contributed by atoms with Crippen LogP contribution < -0.4 is 4.74 Å². The van der Waals surface area contributed by atoms with Crippen molar-refractivity contribution in [2.75, 3.05) is 7.11 Å². The molecule has 0 amide bonds. The zero-order valence-electron chi connectivity index (χ0n) is 7.87. The summed E-state index contributed by atoms with van der Waals surface area (Å²) in [4.78, 5) is 13.7. The van der Waals surface area contributed by atoms with Gasteiger partial charge >= 0.3 is 5.97 Å². The van der Waals surface area contributed by atoms with Crippen molar-refractivity contribution in [1.82, 2.24) is 4.98 Å². The number of ether oxygens (including phenoxy) is 1. The molecule has 0 aliphatic carbocycles. The van der Waals surface area contributed by atoms with E-state index in [1.165, 1.54) is 0 Å². The second kappa shape index (κ2) is 3.73. The van der Waals surface area contributed by atoms with Gasteiger partial charge in [0.2, 0.25) is 0 Å². The normalized spacial score (nSPS) is 10.5. The molecule has 2 aromatic rings. The van der Waals surface area contributed by atoms with E-state index in [9.17, 15) is 4.79 Å². The van der Waals surface area contributed by atoms with Crippen molar-refractivity contribution in [3.05, 3.63) is 27.5 Å². The predicted molar refractivity (Wildman–Crippen MR) is 64.5 cm³/mol. The van der Waals surface area contributed by atoms with E-state index in [1.807, 2.05) is 34.7 Å². The lowest BCUT2D eigenvalue weighted by atomic mass is 10.2. The van der Waals surface area contributed by atoms with Crippen molar-refractivity contribution in [2.24, 2.45) is 0 Å². The summed E-state index contributed by atoms with van der Waals surface area (Å²) in [5.41, 5.74) is 1.02. The maximum absolute atomic E-state index is 10.9. The molecule has 0 unspecified atom stereocenters. The molecule has 5 heteroatoms. The smallest absolute Gasteiger partial charge is 0.353 e. The van der Waals surface area contributed by atoms with Crippen LogP contribution in [-0.4, -0.2) is 23.2 Å². The molecule has 0 radical (unpaired) electrons. The Hall–Kier alpha value is -1.24. The molecule has 1 aromatic heterocycles. The van der Waals surface area contributed by atoms with E-state index in [0.29, 0.717) is 3.57 Å². The number of rotatable bonds is 2. The van der Waals surface area contributed by atoms with E-state index >= 15 is 0 Å². The molecule has 78 valence electrons. The molecule has 0 fully saturated rings. The Bertz CT molecular complexity index is 533. The number of aromatic carboxylic acids is 1. The molecular weight excluding hydrogens is 309 g/mol. The Morgan fingerprint density at radius 1 is 1.53 bits per heavy atom. The number of nitrogens with one attached hydrogen (secondary N) is 1. The second-order valence-electron chi connectivity index (χ2n) is 3.03. The van der Waals surface area contributed by atoms with E-state index in [0.717, 1.165) is 16.7 Å². The zero-order valence-corrected chi connectivity index (χ0v) is 10.0. The zero-order chi connectivity index (χ0) is 11.0. The highest BCUT2D eigenvalue weighted by atomic mass is 127. The lowest BCUT2D eigenvalue weighted by Gasteiger charge is -1.98. The summed E-state index contributed by atoms with van der Waals surface area (Å²) in [6, 6.07) is 5.42. The molecule has 15 heavy (non-hydrogen) atoms. The fourth-order valence-corrected chi connectivity index (χ4v) is 2.22. The first-order valence-corrected chi connectivity index (χ1v) is 5.30. The summed E-state index contributed by atoms with van der Waals surface area (Å²) in [5.74, 6) is -0.231. The van der Waals surface area contributed by atoms with Crippen molar-refractivity contribution >= 4 is 39.5 Å². The first kappa shape index (κ1) is 10.3. The van der Waals surface area contributed by atoms with E-state index in [1.54, 1.807) is 13.2 Å². The number of hydrogen-bond acceptors (Lipinski definition) is 2. The molecule has 1 aromatic carbocycles. The molecule has 2 N–H and O–H groups in total. The molecule has 0 saturated heterocycles. The highest BCUT2D eigenvalue weighted by Crippen LogP contribution is 2.27. The van der Waals surface area contributed by atoms with Gasteiger partial charge in [-0.2, -0.15) is 0 Å².